The van der Waals surface area contributed by atoms with Crippen molar-refractivity contribution in [2.24, 2.45) is 5.92 Å². The van der Waals surface area contributed by atoms with Gasteiger partial charge in [-0.05, 0) is 49.4 Å². The van der Waals surface area contributed by atoms with Gasteiger partial charge in [-0.15, -0.1) is 0 Å². The number of rotatable bonds is 5. The van der Waals surface area contributed by atoms with Gasteiger partial charge in [-0.2, -0.15) is 0 Å². The monoisotopic (exact) mass is 364 g/mol. The lowest BCUT2D eigenvalue weighted by atomic mass is 9.94. The molecule has 0 spiro atoms. The highest BCUT2D eigenvalue weighted by Crippen LogP contribution is 2.24. The summed E-state index contributed by atoms with van der Waals surface area (Å²) in [6.07, 6.45) is 5.80. The van der Waals surface area contributed by atoms with E-state index in [1.807, 2.05) is 0 Å². The van der Waals surface area contributed by atoms with Gasteiger partial charge in [-0.3, -0.25) is 9.80 Å². The van der Waals surface area contributed by atoms with Crippen molar-refractivity contribution >= 4 is 0 Å². The minimum Gasteiger partial charge on any atom is -0.299 e. The smallest absolute Gasteiger partial charge is 0.131 e. The summed E-state index contributed by atoms with van der Waals surface area (Å²) in [5.41, 5.74) is 4.05. The molecule has 1 saturated heterocycles. The minimum atomic E-state index is 0.402. The van der Waals surface area contributed by atoms with E-state index in [0.717, 1.165) is 37.8 Å². The lowest BCUT2D eigenvalue weighted by Crippen LogP contribution is -2.40. The molecular formula is C23H32N4. The number of benzene rings is 1. The fraction of sp³-hybridized carbons (Fsp3) is 0.565. The van der Waals surface area contributed by atoms with Gasteiger partial charge < -0.3 is 0 Å². The number of fused-ring (bicyclic) bond motifs is 1. The van der Waals surface area contributed by atoms with E-state index in [9.17, 15) is 0 Å². The third-order valence-electron chi connectivity index (χ3n) is 6.03. The van der Waals surface area contributed by atoms with Crippen LogP contribution < -0.4 is 0 Å². The van der Waals surface area contributed by atoms with Crippen LogP contribution >= 0.6 is 0 Å². The molecule has 0 radical (unpaired) electrons. The fourth-order valence-corrected chi connectivity index (χ4v) is 4.34. The lowest BCUT2D eigenvalue weighted by molar-refractivity contribution is 0.131. The van der Waals surface area contributed by atoms with E-state index in [1.54, 1.807) is 0 Å². The van der Waals surface area contributed by atoms with Crippen molar-refractivity contribution in [1.82, 2.24) is 19.8 Å². The van der Waals surface area contributed by atoms with E-state index in [2.05, 4.69) is 65.2 Å². The summed E-state index contributed by atoms with van der Waals surface area (Å²) < 4.78 is 0. The summed E-state index contributed by atoms with van der Waals surface area (Å²) in [7, 11) is 0. The quantitative estimate of drug-likeness (QED) is 0.806. The number of piperidine rings is 1. The minimum absolute atomic E-state index is 0.402. The van der Waals surface area contributed by atoms with E-state index in [0.29, 0.717) is 5.92 Å². The van der Waals surface area contributed by atoms with Gasteiger partial charge in [0, 0.05) is 38.3 Å². The summed E-state index contributed by atoms with van der Waals surface area (Å²) in [6.45, 7) is 11.3. The van der Waals surface area contributed by atoms with Crippen molar-refractivity contribution in [1.29, 1.82) is 0 Å². The predicted octanol–water partition coefficient (Wildman–Crippen LogP) is 3.87. The highest BCUT2D eigenvalue weighted by atomic mass is 15.2. The second-order valence-electron chi connectivity index (χ2n) is 8.55. The molecule has 0 amide bonds. The molecule has 0 saturated carbocycles. The van der Waals surface area contributed by atoms with Crippen LogP contribution in [0.3, 0.4) is 0 Å². The number of nitrogens with zero attached hydrogens (tertiary/aromatic N) is 4. The first-order chi connectivity index (χ1) is 13.2. The van der Waals surface area contributed by atoms with E-state index in [1.165, 1.54) is 49.3 Å². The Balaban J connectivity index is 1.28. The highest BCUT2D eigenvalue weighted by Gasteiger charge is 2.24. The normalized spacial score (nSPS) is 19.4. The summed E-state index contributed by atoms with van der Waals surface area (Å²) >= 11 is 0. The molecule has 4 heteroatoms. The molecule has 0 N–H and O–H groups in total. The van der Waals surface area contributed by atoms with Crippen molar-refractivity contribution in [2.75, 3.05) is 26.2 Å². The molecule has 0 atom stereocenters. The second-order valence-corrected chi connectivity index (χ2v) is 8.55. The van der Waals surface area contributed by atoms with Gasteiger partial charge in [0.2, 0.25) is 0 Å². The highest BCUT2D eigenvalue weighted by molar-refractivity contribution is 5.21. The van der Waals surface area contributed by atoms with Gasteiger partial charge in [0.1, 0.15) is 5.82 Å². The maximum atomic E-state index is 4.85. The average molecular weight is 365 g/mol. The van der Waals surface area contributed by atoms with Crippen molar-refractivity contribution in [3.05, 3.63) is 59.2 Å². The molecule has 1 aromatic heterocycles. The van der Waals surface area contributed by atoms with Gasteiger partial charge >= 0.3 is 0 Å². The molecule has 0 bridgehead atoms. The number of hydrogen-bond donors (Lipinski definition) is 0. The molecule has 4 rings (SSSR count). The number of hydrogen-bond acceptors (Lipinski definition) is 4. The van der Waals surface area contributed by atoms with Crippen LogP contribution in [0.5, 0.6) is 0 Å². The predicted molar refractivity (Wildman–Crippen MR) is 110 cm³/mol. The molecule has 4 nitrogen and oxygen atoms in total. The van der Waals surface area contributed by atoms with Crippen molar-refractivity contribution < 1.29 is 0 Å². The lowest BCUT2D eigenvalue weighted by Gasteiger charge is -2.36. The SMILES string of the molecule is CC(C)c1ncc2c(n1)CN(CC1CCN(Cc3ccccc3)CC1)CC2. The molecule has 0 aliphatic carbocycles. The van der Waals surface area contributed by atoms with Crippen molar-refractivity contribution in [3.8, 4) is 0 Å². The van der Waals surface area contributed by atoms with Crippen LogP contribution in [-0.4, -0.2) is 45.9 Å². The zero-order valence-electron chi connectivity index (χ0n) is 16.8. The summed E-state index contributed by atoms with van der Waals surface area (Å²) in [5.74, 6) is 2.22. The van der Waals surface area contributed by atoms with E-state index >= 15 is 0 Å². The first-order valence-electron chi connectivity index (χ1n) is 10.5. The van der Waals surface area contributed by atoms with Crippen LogP contribution in [0, 0.1) is 5.92 Å². The van der Waals surface area contributed by atoms with Crippen LogP contribution in [0.15, 0.2) is 36.5 Å². The van der Waals surface area contributed by atoms with E-state index in [4.69, 9.17) is 4.98 Å². The van der Waals surface area contributed by atoms with Crippen LogP contribution in [0.4, 0.5) is 0 Å². The Bertz CT molecular complexity index is 735. The first kappa shape index (κ1) is 18.6. The molecular weight excluding hydrogens is 332 g/mol. The van der Waals surface area contributed by atoms with Gasteiger partial charge in [-0.25, -0.2) is 9.97 Å². The Kier molecular flexibility index (Phi) is 5.84. The second kappa shape index (κ2) is 8.49. The standard InChI is InChI=1S/C23H32N4/c1-18(2)23-24-14-21-10-13-27(17-22(21)25-23)16-20-8-11-26(12-9-20)15-19-6-4-3-5-7-19/h3-7,14,18,20H,8-13,15-17H2,1-2H3. The van der Waals surface area contributed by atoms with Gasteiger partial charge in [-0.1, -0.05) is 44.2 Å². The van der Waals surface area contributed by atoms with E-state index < -0.39 is 0 Å². The fourth-order valence-electron chi connectivity index (χ4n) is 4.34. The maximum absolute atomic E-state index is 4.85. The molecule has 27 heavy (non-hydrogen) atoms. The molecule has 0 unspecified atom stereocenters. The summed E-state index contributed by atoms with van der Waals surface area (Å²) in [4.78, 5) is 14.6. The zero-order valence-corrected chi connectivity index (χ0v) is 16.8. The number of aromatic nitrogens is 2. The Hall–Kier alpha value is -1.78. The third-order valence-corrected chi connectivity index (χ3v) is 6.03. The topological polar surface area (TPSA) is 32.3 Å². The Morgan fingerprint density at radius 2 is 1.81 bits per heavy atom. The zero-order chi connectivity index (χ0) is 18.6. The Labute approximate surface area is 163 Å². The van der Waals surface area contributed by atoms with Crippen LogP contribution in [0.2, 0.25) is 0 Å². The van der Waals surface area contributed by atoms with Crippen LogP contribution in [-0.2, 0) is 19.5 Å². The average Bonchev–Trinajstić information content (AvgIpc) is 2.70. The Morgan fingerprint density at radius 3 is 2.56 bits per heavy atom. The van der Waals surface area contributed by atoms with Crippen LogP contribution in [0.25, 0.3) is 0 Å². The Morgan fingerprint density at radius 1 is 1.04 bits per heavy atom. The molecule has 1 aromatic carbocycles. The number of likely N-dealkylation sites (tertiary alicyclic amines) is 1. The van der Waals surface area contributed by atoms with Crippen molar-refractivity contribution in [3.63, 3.8) is 0 Å². The summed E-state index contributed by atoms with van der Waals surface area (Å²) in [6, 6.07) is 10.9. The van der Waals surface area contributed by atoms with Gasteiger partial charge in [0.15, 0.2) is 0 Å². The van der Waals surface area contributed by atoms with Gasteiger partial charge in [0.25, 0.3) is 0 Å². The molecule has 2 aromatic rings. The molecule has 1 fully saturated rings. The van der Waals surface area contributed by atoms with Gasteiger partial charge in [0.05, 0.1) is 5.69 Å². The summed E-state index contributed by atoms with van der Waals surface area (Å²) in [5, 5.41) is 0. The van der Waals surface area contributed by atoms with Crippen LogP contribution in [0.1, 0.15) is 55.3 Å². The molecule has 2 aliphatic heterocycles. The first-order valence-corrected chi connectivity index (χ1v) is 10.5. The largest absolute Gasteiger partial charge is 0.299 e. The molecule has 3 heterocycles. The maximum Gasteiger partial charge on any atom is 0.131 e. The third kappa shape index (κ3) is 4.74. The van der Waals surface area contributed by atoms with Crippen molar-refractivity contribution in [2.45, 2.75) is 52.1 Å². The molecule has 144 valence electrons. The molecule has 2 aliphatic rings. The van der Waals surface area contributed by atoms with E-state index in [-0.39, 0.29) is 0 Å².